The molecule has 7 nitrogen and oxygen atoms in total. The van der Waals surface area contributed by atoms with Crippen molar-refractivity contribution < 1.29 is 9.53 Å². The standard InChI is InChI=1S/C26H33N5O2/c1-16-5-6-24(27-19(16)4)31-23-14-18(3)17(2)13-22(23)29-26(31)30-10-7-20(8-11-30)25(32)28-21-9-12-33-15-21/h5-6,13-14,20-21H,7-12,15H2,1-4H3,(H,28,32)/t21-/m1/s1. The van der Waals surface area contributed by atoms with Gasteiger partial charge in [-0.25, -0.2) is 9.97 Å². The van der Waals surface area contributed by atoms with E-state index in [1.54, 1.807) is 0 Å². The zero-order valence-corrected chi connectivity index (χ0v) is 20.0. The average molecular weight is 448 g/mol. The SMILES string of the molecule is Cc1cc2nc(N3CCC(C(=O)N[C@@H]4CCOC4)CC3)n(-c3ccc(C)c(C)n3)c2cc1C. The highest BCUT2D eigenvalue weighted by molar-refractivity contribution is 5.83. The van der Waals surface area contributed by atoms with Gasteiger partial charge in [0.15, 0.2) is 0 Å². The van der Waals surface area contributed by atoms with E-state index in [0.717, 1.165) is 67.5 Å². The van der Waals surface area contributed by atoms with Crippen LogP contribution in [-0.4, -0.2) is 52.8 Å². The molecule has 2 aliphatic rings. The minimum absolute atomic E-state index is 0.0453. The molecular formula is C26H33N5O2. The van der Waals surface area contributed by atoms with Gasteiger partial charge in [0.2, 0.25) is 11.9 Å². The van der Waals surface area contributed by atoms with Crippen LogP contribution in [-0.2, 0) is 9.53 Å². The number of rotatable bonds is 4. The Morgan fingerprint density at radius 2 is 1.76 bits per heavy atom. The van der Waals surface area contributed by atoms with Gasteiger partial charge in [-0.1, -0.05) is 6.07 Å². The summed E-state index contributed by atoms with van der Waals surface area (Å²) >= 11 is 0. The van der Waals surface area contributed by atoms with Crippen molar-refractivity contribution in [3.63, 3.8) is 0 Å². The van der Waals surface area contributed by atoms with Gasteiger partial charge >= 0.3 is 0 Å². The van der Waals surface area contributed by atoms with E-state index in [0.29, 0.717) is 6.61 Å². The first-order valence-corrected chi connectivity index (χ1v) is 12.0. The van der Waals surface area contributed by atoms with Crippen molar-refractivity contribution in [1.29, 1.82) is 0 Å². The van der Waals surface area contributed by atoms with E-state index in [2.05, 4.69) is 59.8 Å². The van der Waals surface area contributed by atoms with Gasteiger partial charge in [-0.05, 0) is 81.8 Å². The quantitative estimate of drug-likeness (QED) is 0.659. The molecule has 0 spiro atoms. The van der Waals surface area contributed by atoms with E-state index in [1.165, 1.54) is 16.7 Å². The molecule has 2 aromatic heterocycles. The summed E-state index contributed by atoms with van der Waals surface area (Å²) in [5, 5.41) is 3.17. The molecule has 174 valence electrons. The van der Waals surface area contributed by atoms with Gasteiger partial charge < -0.3 is 15.0 Å². The number of nitrogens with one attached hydrogen (secondary N) is 1. The number of amides is 1. The minimum Gasteiger partial charge on any atom is -0.379 e. The van der Waals surface area contributed by atoms with Gasteiger partial charge in [0.1, 0.15) is 5.82 Å². The summed E-state index contributed by atoms with van der Waals surface area (Å²) in [5.41, 5.74) is 6.73. The number of aryl methyl sites for hydroxylation is 4. The Morgan fingerprint density at radius 3 is 2.45 bits per heavy atom. The molecule has 33 heavy (non-hydrogen) atoms. The normalized spacial score (nSPS) is 19.4. The maximum atomic E-state index is 12.8. The zero-order chi connectivity index (χ0) is 23.1. The molecule has 0 radical (unpaired) electrons. The Morgan fingerprint density at radius 1 is 1.00 bits per heavy atom. The third kappa shape index (κ3) is 4.22. The molecule has 3 aromatic rings. The molecule has 0 saturated carbocycles. The van der Waals surface area contributed by atoms with Crippen LogP contribution < -0.4 is 10.2 Å². The molecule has 2 fully saturated rings. The Balaban J connectivity index is 1.44. The van der Waals surface area contributed by atoms with Crippen LogP contribution in [0.2, 0.25) is 0 Å². The number of carbonyl (C=O) groups excluding carboxylic acids is 1. The molecule has 0 aliphatic carbocycles. The number of aromatic nitrogens is 3. The Labute approximate surface area is 195 Å². The smallest absolute Gasteiger partial charge is 0.223 e. The highest BCUT2D eigenvalue weighted by Gasteiger charge is 2.30. The van der Waals surface area contributed by atoms with E-state index in [-0.39, 0.29) is 17.9 Å². The van der Waals surface area contributed by atoms with Gasteiger partial charge in [0.25, 0.3) is 0 Å². The van der Waals surface area contributed by atoms with Gasteiger partial charge in [-0.2, -0.15) is 0 Å². The van der Waals surface area contributed by atoms with Crippen molar-refractivity contribution in [3.05, 3.63) is 46.6 Å². The van der Waals surface area contributed by atoms with Gasteiger partial charge in [0.05, 0.1) is 23.7 Å². The Bertz CT molecular complexity index is 1190. The van der Waals surface area contributed by atoms with E-state index in [9.17, 15) is 4.79 Å². The number of ether oxygens (including phenoxy) is 1. The zero-order valence-electron chi connectivity index (χ0n) is 20.0. The second-order valence-electron chi connectivity index (χ2n) is 9.57. The summed E-state index contributed by atoms with van der Waals surface area (Å²) in [6, 6.07) is 8.74. The lowest BCUT2D eigenvalue weighted by Crippen LogP contribution is -2.44. The number of hydrogen-bond acceptors (Lipinski definition) is 5. The maximum absolute atomic E-state index is 12.8. The first-order valence-electron chi connectivity index (χ1n) is 12.0. The van der Waals surface area contributed by atoms with E-state index < -0.39 is 0 Å². The molecule has 2 saturated heterocycles. The number of pyridine rings is 1. The van der Waals surface area contributed by atoms with Crippen LogP contribution in [0.3, 0.4) is 0 Å². The third-order valence-electron chi connectivity index (χ3n) is 7.24. The number of anilines is 1. The highest BCUT2D eigenvalue weighted by atomic mass is 16.5. The van der Waals surface area contributed by atoms with Crippen LogP contribution >= 0.6 is 0 Å². The molecule has 1 amide bonds. The number of piperidine rings is 1. The first-order chi connectivity index (χ1) is 15.9. The van der Waals surface area contributed by atoms with Crippen LogP contribution in [0.1, 0.15) is 41.6 Å². The summed E-state index contributed by atoms with van der Waals surface area (Å²) in [7, 11) is 0. The predicted molar refractivity (Wildman–Crippen MR) is 130 cm³/mol. The van der Waals surface area contributed by atoms with Crippen molar-refractivity contribution >= 4 is 22.9 Å². The summed E-state index contributed by atoms with van der Waals surface area (Å²) in [6.07, 6.45) is 2.55. The molecule has 5 rings (SSSR count). The predicted octanol–water partition coefficient (Wildman–Crippen LogP) is 3.78. The molecule has 1 aromatic carbocycles. The van der Waals surface area contributed by atoms with E-state index in [1.807, 2.05) is 6.92 Å². The molecule has 0 bridgehead atoms. The highest BCUT2D eigenvalue weighted by Crippen LogP contribution is 2.31. The lowest BCUT2D eigenvalue weighted by molar-refractivity contribution is -0.126. The second-order valence-corrected chi connectivity index (χ2v) is 9.57. The fourth-order valence-corrected chi connectivity index (χ4v) is 4.81. The molecule has 1 N–H and O–H groups in total. The van der Waals surface area contributed by atoms with Crippen LogP contribution in [0.25, 0.3) is 16.9 Å². The van der Waals surface area contributed by atoms with Crippen LogP contribution in [0.5, 0.6) is 0 Å². The van der Waals surface area contributed by atoms with Gasteiger partial charge in [0, 0.05) is 31.3 Å². The summed E-state index contributed by atoms with van der Waals surface area (Å²) in [6.45, 7) is 11.4. The maximum Gasteiger partial charge on any atom is 0.223 e. The fraction of sp³-hybridized carbons (Fsp3) is 0.500. The van der Waals surface area contributed by atoms with Crippen molar-refractivity contribution in [2.24, 2.45) is 5.92 Å². The summed E-state index contributed by atoms with van der Waals surface area (Å²) in [4.78, 5) is 25.0. The summed E-state index contributed by atoms with van der Waals surface area (Å²) in [5.74, 6) is 2.01. The van der Waals surface area contributed by atoms with E-state index >= 15 is 0 Å². The molecular weight excluding hydrogens is 414 g/mol. The van der Waals surface area contributed by atoms with Crippen molar-refractivity contribution in [2.45, 2.75) is 53.0 Å². The molecule has 0 unspecified atom stereocenters. The Hall–Kier alpha value is -2.93. The van der Waals surface area contributed by atoms with Gasteiger partial charge in [-0.15, -0.1) is 0 Å². The molecule has 4 heterocycles. The van der Waals surface area contributed by atoms with Crippen molar-refractivity contribution in [3.8, 4) is 5.82 Å². The monoisotopic (exact) mass is 447 g/mol. The first kappa shape index (κ1) is 21.9. The Kier molecular flexibility index (Phi) is 5.83. The van der Waals surface area contributed by atoms with Crippen molar-refractivity contribution in [2.75, 3.05) is 31.2 Å². The second kappa shape index (κ2) is 8.78. The van der Waals surface area contributed by atoms with Gasteiger partial charge in [-0.3, -0.25) is 9.36 Å². The van der Waals surface area contributed by atoms with Crippen LogP contribution in [0.4, 0.5) is 5.95 Å². The molecule has 7 heteroatoms. The van der Waals surface area contributed by atoms with Crippen LogP contribution in [0.15, 0.2) is 24.3 Å². The van der Waals surface area contributed by atoms with E-state index in [4.69, 9.17) is 14.7 Å². The number of fused-ring (bicyclic) bond motifs is 1. The largest absolute Gasteiger partial charge is 0.379 e. The topological polar surface area (TPSA) is 72.3 Å². The summed E-state index contributed by atoms with van der Waals surface area (Å²) < 4.78 is 7.58. The number of hydrogen-bond donors (Lipinski definition) is 1. The molecule has 1 atom stereocenters. The van der Waals surface area contributed by atoms with Crippen LogP contribution in [0, 0.1) is 33.6 Å². The minimum atomic E-state index is 0.0453. The lowest BCUT2D eigenvalue weighted by Gasteiger charge is -2.32. The fourth-order valence-electron chi connectivity index (χ4n) is 4.81. The third-order valence-corrected chi connectivity index (χ3v) is 7.24. The lowest BCUT2D eigenvalue weighted by atomic mass is 9.95. The average Bonchev–Trinajstić information content (AvgIpc) is 3.44. The number of carbonyl (C=O) groups is 1. The van der Waals surface area contributed by atoms with Crippen molar-refractivity contribution in [1.82, 2.24) is 19.9 Å². The number of imidazole rings is 1. The number of nitrogens with zero attached hydrogens (tertiary/aromatic N) is 4. The number of benzene rings is 1. The molecule has 2 aliphatic heterocycles.